The fraction of sp³-hybridized carbons (Fsp3) is 0.167. The van der Waals surface area contributed by atoms with Crippen molar-refractivity contribution < 1.29 is 9.50 Å². The monoisotopic (exact) mass is 267 g/mol. The molecule has 0 aliphatic heterocycles. The number of nitrogens with zero attached hydrogens (tertiary/aromatic N) is 2. The van der Waals surface area contributed by atoms with E-state index in [-0.39, 0.29) is 17.3 Å². The van der Waals surface area contributed by atoms with E-state index in [1.165, 1.54) is 24.5 Å². The van der Waals surface area contributed by atoms with E-state index in [0.29, 0.717) is 5.82 Å². The van der Waals surface area contributed by atoms with Crippen LogP contribution in [0.2, 0.25) is 5.15 Å². The molecule has 1 aromatic heterocycles. The summed E-state index contributed by atoms with van der Waals surface area (Å²) >= 11 is 5.67. The number of hydrogen-bond donors (Lipinski definition) is 2. The number of anilines is 1. The van der Waals surface area contributed by atoms with Crippen molar-refractivity contribution in [2.45, 2.75) is 6.10 Å². The minimum absolute atomic E-state index is 0.121. The van der Waals surface area contributed by atoms with Crippen molar-refractivity contribution in [2.75, 3.05) is 11.9 Å². The first-order chi connectivity index (χ1) is 8.66. The standard InChI is InChI=1S/C12H11ClFN3O/c13-11-6-15-7-12(17-11)16-5-10(18)8-3-1-2-4-9(8)14/h1-4,6-7,10,18H,5H2,(H,16,17)/t10-/m0/s1. The predicted octanol–water partition coefficient (Wildman–Crippen LogP) is 2.41. The van der Waals surface area contributed by atoms with Crippen LogP contribution in [0.25, 0.3) is 0 Å². The van der Waals surface area contributed by atoms with Crippen LogP contribution in [0.1, 0.15) is 11.7 Å². The quantitative estimate of drug-likeness (QED) is 0.893. The molecule has 0 fully saturated rings. The number of hydrogen-bond acceptors (Lipinski definition) is 4. The highest BCUT2D eigenvalue weighted by atomic mass is 35.5. The minimum atomic E-state index is -0.966. The average molecular weight is 268 g/mol. The van der Waals surface area contributed by atoms with Crippen molar-refractivity contribution in [3.8, 4) is 0 Å². The van der Waals surface area contributed by atoms with Crippen molar-refractivity contribution in [3.05, 3.63) is 53.2 Å². The number of benzene rings is 1. The fourth-order valence-electron chi connectivity index (χ4n) is 1.48. The molecule has 0 saturated carbocycles. The Kier molecular flexibility index (Phi) is 4.07. The third-order valence-electron chi connectivity index (χ3n) is 2.35. The van der Waals surface area contributed by atoms with Crippen molar-refractivity contribution >= 4 is 17.4 Å². The van der Waals surface area contributed by atoms with Gasteiger partial charge in [-0.3, -0.25) is 4.98 Å². The lowest BCUT2D eigenvalue weighted by atomic mass is 10.1. The highest BCUT2D eigenvalue weighted by molar-refractivity contribution is 6.29. The van der Waals surface area contributed by atoms with E-state index in [2.05, 4.69) is 15.3 Å². The summed E-state index contributed by atoms with van der Waals surface area (Å²) in [4.78, 5) is 7.79. The Morgan fingerprint density at radius 2 is 2.11 bits per heavy atom. The van der Waals surface area contributed by atoms with E-state index < -0.39 is 11.9 Å². The van der Waals surface area contributed by atoms with E-state index in [0.717, 1.165) is 0 Å². The van der Waals surface area contributed by atoms with Gasteiger partial charge in [0.25, 0.3) is 0 Å². The molecule has 0 saturated heterocycles. The first kappa shape index (κ1) is 12.7. The lowest BCUT2D eigenvalue weighted by Gasteiger charge is -2.13. The molecule has 0 unspecified atom stereocenters. The van der Waals surface area contributed by atoms with Crippen molar-refractivity contribution in [1.29, 1.82) is 0 Å². The molecule has 0 amide bonds. The summed E-state index contributed by atoms with van der Waals surface area (Å²) in [5.74, 6) is -0.0122. The Labute approximate surface area is 108 Å². The van der Waals surface area contributed by atoms with Crippen LogP contribution in [0.5, 0.6) is 0 Å². The summed E-state index contributed by atoms with van der Waals surface area (Å²) in [6.07, 6.45) is 1.91. The Hall–Kier alpha value is -1.72. The smallest absolute Gasteiger partial charge is 0.149 e. The molecule has 4 nitrogen and oxygen atoms in total. The second-order valence-corrected chi connectivity index (χ2v) is 4.03. The lowest BCUT2D eigenvalue weighted by molar-refractivity contribution is 0.186. The van der Waals surface area contributed by atoms with Crippen LogP contribution in [0, 0.1) is 5.82 Å². The van der Waals surface area contributed by atoms with Gasteiger partial charge in [0.05, 0.1) is 18.5 Å². The van der Waals surface area contributed by atoms with Crippen LogP contribution in [-0.4, -0.2) is 21.6 Å². The summed E-state index contributed by atoms with van der Waals surface area (Å²) in [5.41, 5.74) is 0.236. The minimum Gasteiger partial charge on any atom is -0.386 e. The van der Waals surface area contributed by atoms with Crippen LogP contribution in [-0.2, 0) is 0 Å². The first-order valence-corrected chi connectivity index (χ1v) is 5.68. The van der Waals surface area contributed by atoms with E-state index in [1.54, 1.807) is 12.1 Å². The summed E-state index contributed by atoms with van der Waals surface area (Å²) in [6.45, 7) is 0.121. The van der Waals surface area contributed by atoms with Crippen LogP contribution in [0.15, 0.2) is 36.7 Å². The van der Waals surface area contributed by atoms with E-state index in [9.17, 15) is 9.50 Å². The molecular formula is C12H11ClFN3O. The van der Waals surface area contributed by atoms with Crippen LogP contribution >= 0.6 is 11.6 Å². The van der Waals surface area contributed by atoms with Gasteiger partial charge in [-0.15, -0.1) is 0 Å². The Bertz CT molecular complexity index is 538. The second-order valence-electron chi connectivity index (χ2n) is 3.65. The molecule has 1 heterocycles. The number of halogens is 2. The Balaban J connectivity index is 2.00. The summed E-state index contributed by atoms with van der Waals surface area (Å²) in [5, 5.41) is 12.9. The predicted molar refractivity (Wildman–Crippen MR) is 66.9 cm³/mol. The van der Waals surface area contributed by atoms with Crippen LogP contribution in [0.4, 0.5) is 10.2 Å². The van der Waals surface area contributed by atoms with Crippen LogP contribution < -0.4 is 5.32 Å². The molecule has 1 aromatic carbocycles. The SMILES string of the molecule is O[C@@H](CNc1cncc(Cl)n1)c1ccccc1F. The highest BCUT2D eigenvalue weighted by Gasteiger charge is 2.11. The second kappa shape index (κ2) is 5.75. The van der Waals surface area contributed by atoms with Gasteiger partial charge < -0.3 is 10.4 Å². The molecule has 0 spiro atoms. The normalized spacial score (nSPS) is 12.2. The van der Waals surface area contributed by atoms with E-state index in [4.69, 9.17) is 11.6 Å². The average Bonchev–Trinajstić information content (AvgIpc) is 2.37. The molecule has 94 valence electrons. The molecule has 0 aliphatic rings. The fourth-order valence-corrected chi connectivity index (χ4v) is 1.63. The van der Waals surface area contributed by atoms with E-state index in [1.807, 2.05) is 0 Å². The van der Waals surface area contributed by atoms with Gasteiger partial charge in [-0.25, -0.2) is 9.37 Å². The van der Waals surface area contributed by atoms with Gasteiger partial charge >= 0.3 is 0 Å². The largest absolute Gasteiger partial charge is 0.386 e. The van der Waals surface area contributed by atoms with E-state index >= 15 is 0 Å². The third kappa shape index (κ3) is 3.15. The molecule has 2 rings (SSSR count). The topological polar surface area (TPSA) is 58.0 Å². The molecule has 2 aromatic rings. The molecule has 1 atom stereocenters. The van der Waals surface area contributed by atoms with Gasteiger partial charge in [-0.2, -0.15) is 0 Å². The number of aliphatic hydroxyl groups is 1. The number of aromatic nitrogens is 2. The van der Waals surface area contributed by atoms with Gasteiger partial charge in [-0.05, 0) is 6.07 Å². The molecule has 0 aliphatic carbocycles. The maximum Gasteiger partial charge on any atom is 0.149 e. The number of aliphatic hydroxyl groups excluding tert-OH is 1. The Morgan fingerprint density at radius 3 is 2.83 bits per heavy atom. The lowest BCUT2D eigenvalue weighted by Crippen LogP contribution is -2.14. The van der Waals surface area contributed by atoms with Gasteiger partial charge in [0.1, 0.15) is 16.8 Å². The van der Waals surface area contributed by atoms with Gasteiger partial charge in [0.15, 0.2) is 0 Å². The zero-order chi connectivity index (χ0) is 13.0. The summed E-state index contributed by atoms with van der Waals surface area (Å²) < 4.78 is 13.4. The van der Waals surface area contributed by atoms with Crippen LogP contribution in [0.3, 0.4) is 0 Å². The van der Waals surface area contributed by atoms with Crippen molar-refractivity contribution in [1.82, 2.24) is 9.97 Å². The molecular weight excluding hydrogens is 257 g/mol. The zero-order valence-electron chi connectivity index (χ0n) is 9.35. The Morgan fingerprint density at radius 1 is 1.33 bits per heavy atom. The third-order valence-corrected chi connectivity index (χ3v) is 2.53. The number of rotatable bonds is 4. The maximum atomic E-state index is 13.4. The molecule has 0 bridgehead atoms. The van der Waals surface area contributed by atoms with Gasteiger partial charge in [-0.1, -0.05) is 29.8 Å². The van der Waals surface area contributed by atoms with Crippen molar-refractivity contribution in [3.63, 3.8) is 0 Å². The maximum absolute atomic E-state index is 13.4. The highest BCUT2D eigenvalue weighted by Crippen LogP contribution is 2.17. The molecule has 6 heteroatoms. The summed E-state index contributed by atoms with van der Waals surface area (Å²) in [7, 11) is 0. The molecule has 18 heavy (non-hydrogen) atoms. The zero-order valence-corrected chi connectivity index (χ0v) is 10.1. The number of nitrogens with one attached hydrogen (secondary N) is 1. The molecule has 2 N–H and O–H groups in total. The van der Waals surface area contributed by atoms with Crippen molar-refractivity contribution in [2.24, 2.45) is 0 Å². The van der Waals surface area contributed by atoms with Gasteiger partial charge in [0.2, 0.25) is 0 Å². The first-order valence-electron chi connectivity index (χ1n) is 5.30. The molecule has 0 radical (unpaired) electrons. The summed E-state index contributed by atoms with van der Waals surface area (Å²) in [6, 6.07) is 6.07. The van der Waals surface area contributed by atoms with Gasteiger partial charge in [0, 0.05) is 12.1 Å².